The van der Waals surface area contributed by atoms with E-state index in [0.717, 1.165) is 23.0 Å². The molecule has 0 saturated carbocycles. The molecular weight excluding hydrogens is 268 g/mol. The van der Waals surface area contributed by atoms with E-state index >= 15 is 0 Å². The fourth-order valence-electron chi connectivity index (χ4n) is 2.25. The van der Waals surface area contributed by atoms with Crippen LogP contribution in [0.5, 0.6) is 0 Å². The van der Waals surface area contributed by atoms with E-state index in [1.54, 1.807) is 11.3 Å². The molecule has 1 unspecified atom stereocenters. The smallest absolute Gasteiger partial charge is 0.0900 e. The lowest BCUT2D eigenvalue weighted by Gasteiger charge is -2.17. The Labute approximate surface area is 125 Å². The number of aromatic nitrogens is 1. The van der Waals surface area contributed by atoms with Crippen molar-refractivity contribution in [3.8, 4) is 0 Å². The van der Waals surface area contributed by atoms with Crippen LogP contribution in [0, 0.1) is 13.8 Å². The molecule has 2 rings (SSSR count). The second-order valence-corrected chi connectivity index (χ2v) is 6.08. The first kappa shape index (κ1) is 15.0. The van der Waals surface area contributed by atoms with E-state index in [2.05, 4.69) is 49.3 Å². The van der Waals surface area contributed by atoms with E-state index in [9.17, 15) is 0 Å². The molecule has 2 aromatic rings. The fraction of sp³-hybridized carbons (Fsp3) is 0.438. The van der Waals surface area contributed by atoms with Crippen molar-refractivity contribution in [1.29, 1.82) is 0 Å². The van der Waals surface area contributed by atoms with Gasteiger partial charge in [0.1, 0.15) is 0 Å². The topological polar surface area (TPSA) is 34.1 Å². The Morgan fingerprint density at radius 3 is 2.70 bits per heavy atom. The first-order valence-electron chi connectivity index (χ1n) is 6.98. The van der Waals surface area contributed by atoms with Gasteiger partial charge in [-0.2, -0.15) is 0 Å². The SMILES string of the molecule is CCOCc1ccccc1NC(C)c1sc(C)nc1C. The summed E-state index contributed by atoms with van der Waals surface area (Å²) in [5.41, 5.74) is 3.45. The zero-order valence-electron chi connectivity index (χ0n) is 12.6. The van der Waals surface area contributed by atoms with Crippen LogP contribution in [0.2, 0.25) is 0 Å². The molecule has 1 atom stereocenters. The maximum absolute atomic E-state index is 5.53. The van der Waals surface area contributed by atoms with Gasteiger partial charge in [0.05, 0.1) is 23.4 Å². The highest BCUT2D eigenvalue weighted by Crippen LogP contribution is 2.28. The van der Waals surface area contributed by atoms with Gasteiger partial charge in [-0.15, -0.1) is 11.3 Å². The molecule has 0 aliphatic carbocycles. The number of hydrogen-bond acceptors (Lipinski definition) is 4. The molecule has 0 saturated heterocycles. The Bertz CT molecular complexity index is 565. The summed E-state index contributed by atoms with van der Waals surface area (Å²) in [6.07, 6.45) is 0. The zero-order chi connectivity index (χ0) is 14.5. The van der Waals surface area contributed by atoms with Crippen LogP contribution in [-0.2, 0) is 11.3 Å². The Kier molecular flexibility index (Phi) is 5.15. The van der Waals surface area contributed by atoms with Gasteiger partial charge in [0.2, 0.25) is 0 Å². The molecule has 20 heavy (non-hydrogen) atoms. The van der Waals surface area contributed by atoms with Crippen molar-refractivity contribution in [3.05, 3.63) is 45.4 Å². The summed E-state index contributed by atoms with van der Waals surface area (Å²) < 4.78 is 5.53. The third kappa shape index (κ3) is 3.58. The summed E-state index contributed by atoms with van der Waals surface area (Å²) in [6.45, 7) is 9.70. The van der Waals surface area contributed by atoms with Gasteiger partial charge < -0.3 is 10.1 Å². The second-order valence-electron chi connectivity index (χ2n) is 4.84. The average Bonchev–Trinajstić information content (AvgIpc) is 2.77. The van der Waals surface area contributed by atoms with Gasteiger partial charge in [-0.05, 0) is 33.8 Å². The quantitative estimate of drug-likeness (QED) is 0.852. The molecule has 1 aromatic carbocycles. The molecule has 108 valence electrons. The van der Waals surface area contributed by atoms with Crippen LogP contribution in [0.15, 0.2) is 24.3 Å². The number of benzene rings is 1. The highest BCUT2D eigenvalue weighted by molar-refractivity contribution is 7.11. The Balaban J connectivity index is 2.15. The molecule has 3 nitrogen and oxygen atoms in total. The fourth-order valence-corrected chi connectivity index (χ4v) is 3.18. The van der Waals surface area contributed by atoms with Crippen LogP contribution >= 0.6 is 11.3 Å². The number of para-hydroxylation sites is 1. The van der Waals surface area contributed by atoms with E-state index in [1.807, 2.05) is 13.0 Å². The normalized spacial score (nSPS) is 12.4. The lowest BCUT2D eigenvalue weighted by molar-refractivity contribution is 0.134. The summed E-state index contributed by atoms with van der Waals surface area (Å²) in [5.74, 6) is 0. The third-order valence-electron chi connectivity index (χ3n) is 3.18. The number of thiazole rings is 1. The lowest BCUT2D eigenvalue weighted by Crippen LogP contribution is -2.08. The number of anilines is 1. The van der Waals surface area contributed by atoms with Gasteiger partial charge >= 0.3 is 0 Å². The number of hydrogen-bond donors (Lipinski definition) is 1. The minimum absolute atomic E-state index is 0.254. The van der Waals surface area contributed by atoms with Crippen molar-refractivity contribution in [1.82, 2.24) is 4.98 Å². The van der Waals surface area contributed by atoms with Crippen LogP contribution in [0.1, 0.15) is 41.0 Å². The van der Waals surface area contributed by atoms with E-state index in [4.69, 9.17) is 4.74 Å². The van der Waals surface area contributed by atoms with Gasteiger partial charge in [-0.1, -0.05) is 18.2 Å². The number of nitrogens with one attached hydrogen (secondary N) is 1. The second kappa shape index (κ2) is 6.86. The van der Waals surface area contributed by atoms with Crippen molar-refractivity contribution >= 4 is 17.0 Å². The van der Waals surface area contributed by atoms with Gasteiger partial charge in [0.25, 0.3) is 0 Å². The molecular formula is C16H22N2OS. The largest absolute Gasteiger partial charge is 0.377 e. The summed E-state index contributed by atoms with van der Waals surface area (Å²) in [7, 11) is 0. The van der Waals surface area contributed by atoms with Crippen molar-refractivity contribution < 1.29 is 4.74 Å². The van der Waals surface area contributed by atoms with Crippen molar-refractivity contribution in [2.45, 2.75) is 40.3 Å². The third-order valence-corrected chi connectivity index (χ3v) is 4.44. The molecule has 0 radical (unpaired) electrons. The van der Waals surface area contributed by atoms with E-state index in [0.29, 0.717) is 6.61 Å². The van der Waals surface area contributed by atoms with Gasteiger partial charge in [0, 0.05) is 22.7 Å². The van der Waals surface area contributed by atoms with E-state index < -0.39 is 0 Å². The summed E-state index contributed by atoms with van der Waals surface area (Å²) in [5, 5.41) is 4.70. The number of rotatable bonds is 6. The van der Waals surface area contributed by atoms with Gasteiger partial charge in [-0.3, -0.25) is 0 Å². The highest BCUT2D eigenvalue weighted by Gasteiger charge is 2.14. The van der Waals surface area contributed by atoms with Crippen LogP contribution < -0.4 is 5.32 Å². The molecule has 0 amide bonds. The van der Waals surface area contributed by atoms with Gasteiger partial charge in [-0.25, -0.2) is 4.98 Å². The zero-order valence-corrected chi connectivity index (χ0v) is 13.4. The average molecular weight is 290 g/mol. The molecule has 1 heterocycles. The molecule has 0 spiro atoms. The highest BCUT2D eigenvalue weighted by atomic mass is 32.1. The molecule has 0 bridgehead atoms. The molecule has 0 fully saturated rings. The molecule has 0 aliphatic rings. The number of nitrogens with zero attached hydrogens (tertiary/aromatic N) is 1. The van der Waals surface area contributed by atoms with E-state index in [-0.39, 0.29) is 6.04 Å². The Morgan fingerprint density at radius 1 is 1.30 bits per heavy atom. The standard InChI is InChI=1S/C16H22N2OS/c1-5-19-10-14-8-6-7-9-15(14)18-12(3)16-11(2)17-13(4)20-16/h6-9,12,18H,5,10H2,1-4H3. The maximum Gasteiger partial charge on any atom is 0.0900 e. The van der Waals surface area contributed by atoms with Crippen molar-refractivity contribution in [3.63, 3.8) is 0 Å². The maximum atomic E-state index is 5.53. The Morgan fingerprint density at radius 2 is 2.05 bits per heavy atom. The van der Waals surface area contributed by atoms with E-state index in [1.165, 1.54) is 10.4 Å². The summed E-state index contributed by atoms with van der Waals surface area (Å²) in [6, 6.07) is 8.56. The van der Waals surface area contributed by atoms with Crippen LogP contribution in [0.4, 0.5) is 5.69 Å². The van der Waals surface area contributed by atoms with Crippen LogP contribution in [-0.4, -0.2) is 11.6 Å². The van der Waals surface area contributed by atoms with Crippen molar-refractivity contribution in [2.24, 2.45) is 0 Å². The lowest BCUT2D eigenvalue weighted by atomic mass is 10.1. The predicted molar refractivity (Wildman–Crippen MR) is 85.4 cm³/mol. The minimum Gasteiger partial charge on any atom is -0.377 e. The first-order valence-corrected chi connectivity index (χ1v) is 7.79. The Hall–Kier alpha value is -1.39. The summed E-state index contributed by atoms with van der Waals surface area (Å²) in [4.78, 5) is 5.80. The predicted octanol–water partition coefficient (Wildman–Crippen LogP) is 4.47. The minimum atomic E-state index is 0.254. The summed E-state index contributed by atoms with van der Waals surface area (Å²) >= 11 is 1.76. The first-order chi connectivity index (χ1) is 9.61. The van der Waals surface area contributed by atoms with Crippen LogP contribution in [0.25, 0.3) is 0 Å². The van der Waals surface area contributed by atoms with Gasteiger partial charge in [0.15, 0.2) is 0 Å². The van der Waals surface area contributed by atoms with Crippen LogP contribution in [0.3, 0.4) is 0 Å². The molecule has 4 heteroatoms. The molecule has 1 N–H and O–H groups in total. The molecule has 1 aromatic heterocycles. The monoisotopic (exact) mass is 290 g/mol. The molecule has 0 aliphatic heterocycles. The van der Waals surface area contributed by atoms with Crippen molar-refractivity contribution in [2.75, 3.05) is 11.9 Å². The number of ether oxygens (including phenoxy) is 1. The number of aryl methyl sites for hydroxylation is 2.